The summed E-state index contributed by atoms with van der Waals surface area (Å²) in [7, 11) is 0. The Bertz CT molecular complexity index is 1600. The standard InChI is InChI=1S/C29H23ClN6O2/c1-3-26(37)33-24-6-4-5-7-25(24)34-27-22(30)16-31-29(36-27)32-19-12-13-23-20(15-19)21(28(38)35-23)14-18-10-8-17(2)9-11-18/h3-16H,1H2,2H3,(H,33,37)(H,35,38)(H2,31,32,34,36)/b21-14-. The third-order valence-corrected chi connectivity index (χ3v) is 6.09. The molecule has 4 aromatic rings. The summed E-state index contributed by atoms with van der Waals surface area (Å²) >= 11 is 6.36. The van der Waals surface area contributed by atoms with Crippen molar-refractivity contribution in [3.8, 4) is 0 Å². The Labute approximate surface area is 224 Å². The lowest BCUT2D eigenvalue weighted by atomic mass is 10.0. The van der Waals surface area contributed by atoms with Gasteiger partial charge >= 0.3 is 0 Å². The van der Waals surface area contributed by atoms with Gasteiger partial charge in [-0.15, -0.1) is 0 Å². The average Bonchev–Trinajstić information content (AvgIpc) is 3.22. The molecule has 0 aliphatic carbocycles. The summed E-state index contributed by atoms with van der Waals surface area (Å²) in [5, 5.41) is 12.3. The van der Waals surface area contributed by atoms with Crippen LogP contribution in [-0.4, -0.2) is 21.8 Å². The molecular formula is C29H23ClN6O2. The van der Waals surface area contributed by atoms with E-state index >= 15 is 0 Å². The van der Waals surface area contributed by atoms with Crippen molar-refractivity contribution in [3.05, 3.63) is 107 Å². The molecule has 0 saturated carbocycles. The van der Waals surface area contributed by atoms with E-state index in [2.05, 4.69) is 37.8 Å². The van der Waals surface area contributed by atoms with E-state index in [4.69, 9.17) is 11.6 Å². The first kappa shape index (κ1) is 24.7. The first-order valence-corrected chi connectivity index (χ1v) is 12.1. The van der Waals surface area contributed by atoms with Gasteiger partial charge < -0.3 is 21.3 Å². The first-order valence-electron chi connectivity index (χ1n) is 11.7. The number of amides is 2. The molecule has 0 atom stereocenters. The SMILES string of the molecule is C=CC(=O)Nc1ccccc1Nc1nc(Nc2ccc3c(c2)/C(=C/c2ccc(C)cc2)C(=O)N3)ncc1Cl. The Kier molecular flexibility index (Phi) is 6.88. The third-order valence-electron chi connectivity index (χ3n) is 5.81. The van der Waals surface area contributed by atoms with E-state index in [9.17, 15) is 9.59 Å². The quantitative estimate of drug-likeness (QED) is 0.205. The number of hydrogen-bond acceptors (Lipinski definition) is 6. The second kappa shape index (κ2) is 10.6. The Morgan fingerprint density at radius 2 is 1.79 bits per heavy atom. The molecule has 188 valence electrons. The number of rotatable bonds is 7. The highest BCUT2D eigenvalue weighted by Crippen LogP contribution is 2.36. The van der Waals surface area contributed by atoms with Gasteiger partial charge in [-0.25, -0.2) is 4.98 Å². The number of nitrogens with one attached hydrogen (secondary N) is 4. The first-order chi connectivity index (χ1) is 18.4. The van der Waals surface area contributed by atoms with Crippen LogP contribution in [0.15, 0.2) is 85.6 Å². The van der Waals surface area contributed by atoms with Crippen LogP contribution in [0.3, 0.4) is 0 Å². The molecule has 5 rings (SSSR count). The van der Waals surface area contributed by atoms with Gasteiger partial charge in [0, 0.05) is 22.5 Å². The molecule has 0 radical (unpaired) electrons. The van der Waals surface area contributed by atoms with Crippen LogP contribution in [0.1, 0.15) is 16.7 Å². The highest BCUT2D eigenvalue weighted by Gasteiger charge is 2.24. The van der Waals surface area contributed by atoms with Gasteiger partial charge in [-0.1, -0.05) is 60.1 Å². The molecule has 2 amide bonds. The fourth-order valence-electron chi connectivity index (χ4n) is 3.90. The highest BCUT2D eigenvalue weighted by atomic mass is 35.5. The van der Waals surface area contributed by atoms with Crippen molar-refractivity contribution in [3.63, 3.8) is 0 Å². The van der Waals surface area contributed by atoms with Gasteiger partial charge in [0.05, 0.1) is 17.6 Å². The van der Waals surface area contributed by atoms with Gasteiger partial charge in [0.25, 0.3) is 5.91 Å². The van der Waals surface area contributed by atoms with Crippen LogP contribution < -0.4 is 21.3 Å². The minimum Gasteiger partial charge on any atom is -0.337 e. The monoisotopic (exact) mass is 522 g/mol. The minimum absolute atomic E-state index is 0.158. The van der Waals surface area contributed by atoms with Crippen LogP contribution >= 0.6 is 11.6 Å². The van der Waals surface area contributed by atoms with Crippen molar-refractivity contribution in [1.82, 2.24) is 9.97 Å². The fraction of sp³-hybridized carbons (Fsp3) is 0.0345. The van der Waals surface area contributed by atoms with Gasteiger partial charge in [0.2, 0.25) is 11.9 Å². The lowest BCUT2D eigenvalue weighted by Gasteiger charge is -2.14. The summed E-state index contributed by atoms with van der Waals surface area (Å²) in [6, 6.07) is 20.7. The largest absolute Gasteiger partial charge is 0.337 e. The zero-order valence-corrected chi connectivity index (χ0v) is 21.1. The maximum atomic E-state index is 12.7. The number of aryl methyl sites for hydroxylation is 1. The topological polar surface area (TPSA) is 108 Å². The molecule has 1 aromatic heterocycles. The number of para-hydroxylation sites is 2. The van der Waals surface area contributed by atoms with Crippen LogP contribution in [0.2, 0.25) is 5.02 Å². The molecule has 1 aliphatic rings. The highest BCUT2D eigenvalue weighted by molar-refractivity contribution is 6.35. The molecule has 4 N–H and O–H groups in total. The predicted molar refractivity (Wildman–Crippen MR) is 153 cm³/mol. The number of fused-ring (bicyclic) bond motifs is 1. The van der Waals surface area contributed by atoms with Crippen molar-refractivity contribution >= 4 is 69.6 Å². The Balaban J connectivity index is 1.40. The van der Waals surface area contributed by atoms with Gasteiger partial charge in [-0.05, 0) is 55.0 Å². The summed E-state index contributed by atoms with van der Waals surface area (Å²) in [5.74, 6) is 0.151. The van der Waals surface area contributed by atoms with Gasteiger partial charge in [-0.3, -0.25) is 9.59 Å². The number of carbonyl (C=O) groups is 2. The number of benzene rings is 3. The van der Waals surface area contributed by atoms with Crippen LogP contribution in [0.5, 0.6) is 0 Å². The Hall–Kier alpha value is -4.95. The normalized spacial score (nSPS) is 13.0. The van der Waals surface area contributed by atoms with Crippen molar-refractivity contribution in [2.24, 2.45) is 0 Å². The molecule has 9 heteroatoms. The van der Waals surface area contributed by atoms with Crippen molar-refractivity contribution < 1.29 is 9.59 Å². The van der Waals surface area contributed by atoms with E-state index in [1.807, 2.05) is 61.5 Å². The summed E-state index contributed by atoms with van der Waals surface area (Å²) in [4.78, 5) is 33.3. The lowest BCUT2D eigenvalue weighted by Crippen LogP contribution is -2.09. The number of halogens is 1. The Morgan fingerprint density at radius 3 is 2.55 bits per heavy atom. The average molecular weight is 523 g/mol. The summed E-state index contributed by atoms with van der Waals surface area (Å²) < 4.78 is 0. The van der Waals surface area contributed by atoms with Crippen LogP contribution in [0, 0.1) is 6.92 Å². The van der Waals surface area contributed by atoms with E-state index < -0.39 is 0 Å². The summed E-state index contributed by atoms with van der Waals surface area (Å²) in [6.45, 7) is 5.50. The van der Waals surface area contributed by atoms with Crippen molar-refractivity contribution in [2.75, 3.05) is 21.3 Å². The zero-order valence-electron chi connectivity index (χ0n) is 20.4. The van der Waals surface area contributed by atoms with Gasteiger partial charge in [-0.2, -0.15) is 4.98 Å². The number of anilines is 6. The molecule has 0 unspecified atom stereocenters. The van der Waals surface area contributed by atoms with Crippen LogP contribution in [-0.2, 0) is 9.59 Å². The van der Waals surface area contributed by atoms with E-state index in [0.29, 0.717) is 39.4 Å². The molecular weight excluding hydrogens is 500 g/mol. The van der Waals surface area contributed by atoms with Crippen LogP contribution in [0.25, 0.3) is 11.6 Å². The third kappa shape index (κ3) is 5.40. The number of hydrogen-bond donors (Lipinski definition) is 4. The van der Waals surface area contributed by atoms with Gasteiger partial charge in [0.15, 0.2) is 5.82 Å². The zero-order chi connectivity index (χ0) is 26.6. The molecule has 0 fully saturated rings. The summed E-state index contributed by atoms with van der Waals surface area (Å²) in [6.07, 6.45) is 4.54. The maximum Gasteiger partial charge on any atom is 0.256 e. The number of aromatic nitrogens is 2. The van der Waals surface area contributed by atoms with E-state index in [0.717, 1.165) is 22.4 Å². The van der Waals surface area contributed by atoms with Crippen molar-refractivity contribution in [1.29, 1.82) is 0 Å². The number of nitrogens with zero attached hydrogens (tertiary/aromatic N) is 2. The van der Waals surface area contributed by atoms with Gasteiger partial charge in [0.1, 0.15) is 5.02 Å². The molecule has 38 heavy (non-hydrogen) atoms. The number of carbonyl (C=O) groups excluding carboxylic acids is 2. The molecule has 2 heterocycles. The molecule has 0 spiro atoms. The van der Waals surface area contributed by atoms with E-state index in [1.165, 1.54) is 12.3 Å². The smallest absolute Gasteiger partial charge is 0.256 e. The second-order valence-corrected chi connectivity index (χ2v) is 8.97. The molecule has 8 nitrogen and oxygen atoms in total. The van der Waals surface area contributed by atoms with E-state index in [-0.39, 0.29) is 11.8 Å². The van der Waals surface area contributed by atoms with E-state index in [1.54, 1.807) is 18.2 Å². The maximum absolute atomic E-state index is 12.7. The molecule has 0 saturated heterocycles. The molecule has 3 aromatic carbocycles. The second-order valence-electron chi connectivity index (χ2n) is 8.56. The Morgan fingerprint density at radius 1 is 1.03 bits per heavy atom. The minimum atomic E-state index is -0.337. The van der Waals surface area contributed by atoms with Crippen LogP contribution in [0.4, 0.5) is 34.5 Å². The molecule has 0 bridgehead atoms. The summed E-state index contributed by atoms with van der Waals surface area (Å²) in [5.41, 5.74) is 6.01. The van der Waals surface area contributed by atoms with Crippen molar-refractivity contribution in [2.45, 2.75) is 6.92 Å². The lowest BCUT2D eigenvalue weighted by molar-refractivity contribution is -0.112. The predicted octanol–water partition coefficient (Wildman–Crippen LogP) is 6.54. The fourth-order valence-corrected chi connectivity index (χ4v) is 4.03. The molecule has 1 aliphatic heterocycles.